The van der Waals surface area contributed by atoms with E-state index in [4.69, 9.17) is 4.74 Å². The van der Waals surface area contributed by atoms with Gasteiger partial charge in [-0.1, -0.05) is 26.0 Å². The fourth-order valence-electron chi connectivity index (χ4n) is 2.65. The van der Waals surface area contributed by atoms with Crippen LogP contribution in [0.2, 0.25) is 0 Å². The third-order valence-electron chi connectivity index (χ3n) is 4.17. The van der Waals surface area contributed by atoms with Crippen molar-refractivity contribution in [1.82, 2.24) is 9.97 Å². The molecular formula is C22H24N4O2. The molecule has 28 heavy (non-hydrogen) atoms. The molecule has 0 saturated heterocycles. The summed E-state index contributed by atoms with van der Waals surface area (Å²) >= 11 is 0. The van der Waals surface area contributed by atoms with Crippen LogP contribution < -0.4 is 15.4 Å². The van der Waals surface area contributed by atoms with Crippen LogP contribution in [0.25, 0.3) is 0 Å². The number of rotatable bonds is 7. The van der Waals surface area contributed by atoms with Crippen LogP contribution in [-0.4, -0.2) is 22.5 Å². The molecule has 3 aromatic rings. The van der Waals surface area contributed by atoms with Crippen molar-refractivity contribution in [2.45, 2.75) is 26.7 Å². The van der Waals surface area contributed by atoms with Crippen LogP contribution in [0.15, 0.2) is 60.9 Å². The zero-order valence-electron chi connectivity index (χ0n) is 16.3. The van der Waals surface area contributed by atoms with Crippen LogP contribution >= 0.6 is 0 Å². The van der Waals surface area contributed by atoms with E-state index in [0.717, 1.165) is 17.1 Å². The molecule has 0 bridgehead atoms. The van der Waals surface area contributed by atoms with Gasteiger partial charge in [-0.3, -0.25) is 4.79 Å². The highest BCUT2D eigenvalue weighted by molar-refractivity contribution is 6.03. The molecule has 0 aliphatic heterocycles. The summed E-state index contributed by atoms with van der Waals surface area (Å²) in [5, 5.41) is 6.03. The molecule has 0 saturated carbocycles. The molecule has 1 aromatic heterocycles. The van der Waals surface area contributed by atoms with Crippen molar-refractivity contribution in [1.29, 1.82) is 0 Å². The Balaban J connectivity index is 1.67. The van der Waals surface area contributed by atoms with Crippen molar-refractivity contribution in [3.63, 3.8) is 0 Å². The lowest BCUT2D eigenvalue weighted by molar-refractivity contribution is 0.102. The predicted molar refractivity (Wildman–Crippen MR) is 111 cm³/mol. The van der Waals surface area contributed by atoms with Gasteiger partial charge in [0.15, 0.2) is 0 Å². The largest absolute Gasteiger partial charge is 0.494 e. The first kappa shape index (κ1) is 19.4. The maximum absolute atomic E-state index is 12.5. The summed E-state index contributed by atoms with van der Waals surface area (Å²) in [5.74, 6) is 1.51. The first-order chi connectivity index (χ1) is 13.5. The van der Waals surface area contributed by atoms with Crippen molar-refractivity contribution >= 4 is 23.1 Å². The fourth-order valence-corrected chi connectivity index (χ4v) is 2.65. The van der Waals surface area contributed by atoms with Gasteiger partial charge < -0.3 is 15.4 Å². The van der Waals surface area contributed by atoms with E-state index >= 15 is 0 Å². The number of carbonyl (C=O) groups is 1. The van der Waals surface area contributed by atoms with Crippen molar-refractivity contribution in [3.8, 4) is 5.75 Å². The Morgan fingerprint density at radius 3 is 2.32 bits per heavy atom. The van der Waals surface area contributed by atoms with Crippen LogP contribution in [0, 0.1) is 0 Å². The molecule has 0 radical (unpaired) electrons. The van der Waals surface area contributed by atoms with E-state index in [2.05, 4.69) is 34.4 Å². The minimum Gasteiger partial charge on any atom is -0.494 e. The number of amides is 1. The van der Waals surface area contributed by atoms with E-state index in [9.17, 15) is 4.79 Å². The van der Waals surface area contributed by atoms with Gasteiger partial charge in [0.25, 0.3) is 5.91 Å². The van der Waals surface area contributed by atoms with Gasteiger partial charge in [0, 0.05) is 17.4 Å². The lowest BCUT2D eigenvalue weighted by Gasteiger charge is -2.10. The normalized spacial score (nSPS) is 10.6. The molecule has 6 nitrogen and oxygen atoms in total. The Bertz CT molecular complexity index is 922. The van der Waals surface area contributed by atoms with Gasteiger partial charge in [-0.15, -0.1) is 0 Å². The SMILES string of the molecule is CCOc1ccc(Nc2cc(C(=O)Nc3ccc(C(C)C)cc3)ncn2)cc1. The summed E-state index contributed by atoms with van der Waals surface area (Å²) in [4.78, 5) is 20.8. The highest BCUT2D eigenvalue weighted by Crippen LogP contribution is 2.20. The zero-order valence-corrected chi connectivity index (χ0v) is 16.3. The van der Waals surface area contributed by atoms with Crippen molar-refractivity contribution < 1.29 is 9.53 Å². The molecule has 0 aliphatic rings. The van der Waals surface area contributed by atoms with Gasteiger partial charge in [-0.2, -0.15) is 0 Å². The van der Waals surface area contributed by atoms with Crippen molar-refractivity contribution in [2.24, 2.45) is 0 Å². The van der Waals surface area contributed by atoms with Crippen LogP contribution in [0.5, 0.6) is 5.75 Å². The monoisotopic (exact) mass is 376 g/mol. The number of benzene rings is 2. The van der Waals surface area contributed by atoms with Gasteiger partial charge in [-0.05, 0) is 54.8 Å². The highest BCUT2D eigenvalue weighted by Gasteiger charge is 2.10. The van der Waals surface area contributed by atoms with Crippen LogP contribution in [0.1, 0.15) is 42.7 Å². The summed E-state index contributed by atoms with van der Waals surface area (Å²) in [6.45, 7) is 6.83. The number of anilines is 3. The smallest absolute Gasteiger partial charge is 0.274 e. The van der Waals surface area contributed by atoms with E-state index in [-0.39, 0.29) is 11.6 Å². The lowest BCUT2D eigenvalue weighted by Crippen LogP contribution is -2.14. The van der Waals surface area contributed by atoms with Crippen LogP contribution in [-0.2, 0) is 0 Å². The standard InChI is InChI=1S/C22H24N4O2/c1-4-28-19-11-9-17(10-12-19)25-21-13-20(23-14-24-21)22(27)26-18-7-5-16(6-8-18)15(2)3/h5-15H,4H2,1-3H3,(H,26,27)(H,23,24,25). The summed E-state index contributed by atoms with van der Waals surface area (Å²) in [6, 6.07) is 17.0. The van der Waals surface area contributed by atoms with Gasteiger partial charge in [0.05, 0.1) is 6.61 Å². The minimum atomic E-state index is -0.283. The summed E-state index contributed by atoms with van der Waals surface area (Å²) in [6.07, 6.45) is 1.37. The van der Waals surface area contributed by atoms with Crippen LogP contribution in [0.3, 0.4) is 0 Å². The molecule has 144 valence electrons. The van der Waals surface area contributed by atoms with Crippen LogP contribution in [0.4, 0.5) is 17.2 Å². The average Bonchev–Trinajstić information content (AvgIpc) is 2.70. The summed E-state index contributed by atoms with van der Waals surface area (Å²) in [7, 11) is 0. The number of aromatic nitrogens is 2. The van der Waals surface area contributed by atoms with E-state index in [1.165, 1.54) is 11.9 Å². The molecule has 0 fully saturated rings. The second kappa shape index (κ2) is 8.99. The highest BCUT2D eigenvalue weighted by atomic mass is 16.5. The fraction of sp³-hybridized carbons (Fsp3) is 0.227. The van der Waals surface area contributed by atoms with E-state index in [1.807, 2.05) is 55.5 Å². The molecular weight excluding hydrogens is 352 g/mol. The predicted octanol–water partition coefficient (Wildman–Crippen LogP) is 4.99. The third kappa shape index (κ3) is 5.07. The van der Waals surface area contributed by atoms with Crippen molar-refractivity contribution in [3.05, 3.63) is 72.2 Å². The van der Waals surface area contributed by atoms with E-state index in [1.54, 1.807) is 6.07 Å². The second-order valence-corrected chi connectivity index (χ2v) is 6.60. The lowest BCUT2D eigenvalue weighted by atomic mass is 10.0. The number of hydrogen-bond acceptors (Lipinski definition) is 5. The Morgan fingerprint density at radius 1 is 1.00 bits per heavy atom. The molecule has 2 N–H and O–H groups in total. The first-order valence-corrected chi connectivity index (χ1v) is 9.28. The molecule has 3 rings (SSSR count). The number of carbonyl (C=O) groups excluding carboxylic acids is 1. The van der Waals surface area contributed by atoms with Crippen molar-refractivity contribution in [2.75, 3.05) is 17.2 Å². The Kier molecular flexibility index (Phi) is 6.22. The van der Waals surface area contributed by atoms with Gasteiger partial charge in [0.1, 0.15) is 23.6 Å². The molecule has 0 spiro atoms. The Morgan fingerprint density at radius 2 is 1.68 bits per heavy atom. The molecule has 1 amide bonds. The number of hydrogen-bond donors (Lipinski definition) is 2. The first-order valence-electron chi connectivity index (χ1n) is 9.28. The zero-order chi connectivity index (χ0) is 19.9. The number of ether oxygens (including phenoxy) is 1. The minimum absolute atomic E-state index is 0.283. The molecule has 6 heteroatoms. The van der Waals surface area contributed by atoms with Gasteiger partial charge in [-0.25, -0.2) is 9.97 Å². The Labute approximate surface area is 165 Å². The van der Waals surface area contributed by atoms with Gasteiger partial charge in [0.2, 0.25) is 0 Å². The van der Waals surface area contributed by atoms with E-state index in [0.29, 0.717) is 18.3 Å². The Hall–Kier alpha value is -3.41. The number of nitrogens with zero attached hydrogens (tertiary/aromatic N) is 2. The summed E-state index contributed by atoms with van der Waals surface area (Å²) < 4.78 is 5.43. The molecule has 2 aromatic carbocycles. The maximum atomic E-state index is 12.5. The maximum Gasteiger partial charge on any atom is 0.274 e. The number of nitrogens with one attached hydrogen (secondary N) is 2. The molecule has 0 aliphatic carbocycles. The molecule has 0 unspecified atom stereocenters. The summed E-state index contributed by atoms with van der Waals surface area (Å²) in [5.41, 5.74) is 3.09. The average molecular weight is 376 g/mol. The quantitative estimate of drug-likeness (QED) is 0.607. The molecule has 0 atom stereocenters. The van der Waals surface area contributed by atoms with E-state index < -0.39 is 0 Å². The molecule has 1 heterocycles. The topological polar surface area (TPSA) is 76.1 Å². The second-order valence-electron chi connectivity index (χ2n) is 6.60. The third-order valence-corrected chi connectivity index (χ3v) is 4.17. The van der Waals surface area contributed by atoms with Gasteiger partial charge >= 0.3 is 0 Å².